The van der Waals surface area contributed by atoms with Crippen LogP contribution in [0.3, 0.4) is 0 Å². The van der Waals surface area contributed by atoms with Crippen molar-refractivity contribution in [2.24, 2.45) is 5.92 Å². The Morgan fingerprint density at radius 1 is 0.485 bits per heavy atom. The smallest absolute Gasteiger partial charge is 0.118 e. The van der Waals surface area contributed by atoms with E-state index in [2.05, 4.69) is 33.0 Å². The minimum absolute atomic E-state index is 0.413. The zero-order valence-corrected chi connectivity index (χ0v) is 23.7. The molecule has 2 atom stereocenters. The maximum absolute atomic E-state index is 11.3. The van der Waals surface area contributed by atoms with Gasteiger partial charge in [-0.05, 0) is 32.2 Å². The first-order chi connectivity index (χ1) is 16.1. The van der Waals surface area contributed by atoms with Crippen LogP contribution >= 0.6 is 0 Å². The van der Waals surface area contributed by atoms with Crippen molar-refractivity contribution in [1.82, 2.24) is 5.32 Å². The van der Waals surface area contributed by atoms with Gasteiger partial charge in [-0.2, -0.15) is 0 Å². The highest BCUT2D eigenvalue weighted by Crippen LogP contribution is 2.29. The Kier molecular flexibility index (Phi) is 25.0. The van der Waals surface area contributed by atoms with Crippen molar-refractivity contribution in [3.05, 3.63) is 0 Å². The summed E-state index contributed by atoms with van der Waals surface area (Å²) in [7, 11) is 0. The lowest BCUT2D eigenvalue weighted by atomic mass is 9.84. The van der Waals surface area contributed by atoms with Crippen LogP contribution in [-0.2, 0) is 0 Å². The van der Waals surface area contributed by atoms with Crippen molar-refractivity contribution < 1.29 is 5.11 Å². The van der Waals surface area contributed by atoms with Crippen LogP contribution in [0, 0.1) is 5.92 Å². The molecule has 2 nitrogen and oxygen atoms in total. The zero-order valence-electron chi connectivity index (χ0n) is 23.7. The molecule has 0 spiro atoms. The highest BCUT2D eigenvalue weighted by Gasteiger charge is 2.33. The van der Waals surface area contributed by atoms with E-state index in [9.17, 15) is 5.11 Å². The molecule has 33 heavy (non-hydrogen) atoms. The Morgan fingerprint density at radius 2 is 0.848 bits per heavy atom. The molecule has 0 aromatic carbocycles. The monoisotopic (exact) mass is 468 g/mol. The zero-order chi connectivity index (χ0) is 24.5. The second kappa shape index (κ2) is 25.0. The van der Waals surface area contributed by atoms with Gasteiger partial charge in [-0.1, -0.05) is 156 Å². The normalized spacial score (nSPS) is 14.5. The van der Waals surface area contributed by atoms with Crippen molar-refractivity contribution in [1.29, 1.82) is 0 Å². The van der Waals surface area contributed by atoms with Gasteiger partial charge >= 0.3 is 0 Å². The maximum atomic E-state index is 11.3. The molecule has 2 heteroatoms. The second-order valence-corrected chi connectivity index (χ2v) is 10.8. The quantitative estimate of drug-likeness (QED) is 0.0929. The Hall–Kier alpha value is -0.0800. The van der Waals surface area contributed by atoms with Gasteiger partial charge in [-0.3, -0.25) is 5.32 Å². The fraction of sp³-hybridized carbons (Fsp3) is 1.00. The molecule has 0 bridgehead atoms. The summed E-state index contributed by atoms with van der Waals surface area (Å²) in [5.41, 5.74) is -0.654. The van der Waals surface area contributed by atoms with Crippen LogP contribution in [0.2, 0.25) is 0 Å². The van der Waals surface area contributed by atoms with Crippen LogP contribution in [-0.4, -0.2) is 17.4 Å². The van der Waals surface area contributed by atoms with Gasteiger partial charge in [0.25, 0.3) is 0 Å². The lowest BCUT2D eigenvalue weighted by Gasteiger charge is -2.37. The fourth-order valence-electron chi connectivity index (χ4n) is 5.25. The Morgan fingerprint density at radius 3 is 1.27 bits per heavy atom. The molecule has 0 heterocycles. The van der Waals surface area contributed by atoms with Gasteiger partial charge in [0.05, 0.1) is 0 Å². The lowest BCUT2D eigenvalue weighted by molar-refractivity contribution is -0.0606. The number of rotatable bonds is 27. The highest BCUT2D eigenvalue weighted by molar-refractivity contribution is 4.83. The summed E-state index contributed by atoms with van der Waals surface area (Å²) in [6.45, 7) is 9.92. The van der Waals surface area contributed by atoms with E-state index in [0.29, 0.717) is 5.92 Å². The fourth-order valence-corrected chi connectivity index (χ4v) is 5.25. The Labute approximate surface area is 210 Å². The predicted molar refractivity (Wildman–Crippen MR) is 150 cm³/mol. The third kappa shape index (κ3) is 19.9. The van der Waals surface area contributed by atoms with Crippen LogP contribution in [0.15, 0.2) is 0 Å². The molecule has 0 radical (unpaired) electrons. The molecule has 0 fully saturated rings. The van der Waals surface area contributed by atoms with E-state index in [4.69, 9.17) is 0 Å². The molecular weight excluding hydrogens is 402 g/mol. The van der Waals surface area contributed by atoms with Crippen molar-refractivity contribution >= 4 is 0 Å². The molecule has 0 aromatic rings. The number of aliphatic hydroxyl groups is 1. The van der Waals surface area contributed by atoms with Crippen LogP contribution < -0.4 is 5.32 Å². The summed E-state index contributed by atoms with van der Waals surface area (Å²) >= 11 is 0. The standard InChI is InChI=1S/C31H65NO/c1-5-9-12-13-14-15-16-17-18-19-20-21-22-23-24-25-28-30(27-11-7-3)31(33,8-4)32-29-26-10-6-2/h30,32-33H,5-29H2,1-4H3. The van der Waals surface area contributed by atoms with Gasteiger partial charge in [0.2, 0.25) is 0 Å². The summed E-state index contributed by atoms with van der Waals surface area (Å²) < 4.78 is 0. The molecule has 0 aliphatic rings. The number of nitrogens with one attached hydrogen (secondary N) is 1. The number of unbranched alkanes of at least 4 members (excludes halogenated alkanes) is 18. The van der Waals surface area contributed by atoms with Crippen molar-refractivity contribution in [3.63, 3.8) is 0 Å². The van der Waals surface area contributed by atoms with Gasteiger partial charge in [0.15, 0.2) is 0 Å². The van der Waals surface area contributed by atoms with Crippen LogP contribution in [0.25, 0.3) is 0 Å². The summed E-state index contributed by atoms with van der Waals surface area (Å²) in [5.74, 6) is 0.413. The molecule has 0 amide bonds. The van der Waals surface area contributed by atoms with Gasteiger partial charge in [-0.25, -0.2) is 0 Å². The molecule has 0 aliphatic heterocycles. The van der Waals surface area contributed by atoms with Gasteiger partial charge in [0.1, 0.15) is 5.72 Å². The molecule has 0 saturated heterocycles. The van der Waals surface area contributed by atoms with E-state index >= 15 is 0 Å². The molecule has 200 valence electrons. The molecular formula is C31H65NO. The Balaban J connectivity index is 3.79. The second-order valence-electron chi connectivity index (χ2n) is 10.8. The third-order valence-corrected chi connectivity index (χ3v) is 7.74. The lowest BCUT2D eigenvalue weighted by Crippen LogP contribution is -2.51. The Bertz CT molecular complexity index is 372. The first-order valence-corrected chi connectivity index (χ1v) is 15.6. The summed E-state index contributed by atoms with van der Waals surface area (Å²) in [6.07, 6.45) is 32.0. The summed E-state index contributed by atoms with van der Waals surface area (Å²) in [6, 6.07) is 0. The van der Waals surface area contributed by atoms with Crippen molar-refractivity contribution in [3.8, 4) is 0 Å². The molecule has 0 aliphatic carbocycles. The average molecular weight is 468 g/mol. The molecule has 2 unspecified atom stereocenters. The van der Waals surface area contributed by atoms with E-state index in [0.717, 1.165) is 13.0 Å². The van der Waals surface area contributed by atoms with Crippen molar-refractivity contribution in [2.75, 3.05) is 6.54 Å². The minimum atomic E-state index is -0.654. The van der Waals surface area contributed by atoms with Crippen molar-refractivity contribution in [2.45, 2.75) is 188 Å². The SMILES string of the molecule is CCCCCCCCCCCCCCCCCCC(CCCC)C(O)(CC)NCCCCC. The van der Waals surface area contributed by atoms with Crippen LogP contribution in [0.4, 0.5) is 0 Å². The first kappa shape index (κ1) is 32.9. The summed E-state index contributed by atoms with van der Waals surface area (Å²) in [5, 5.41) is 14.9. The van der Waals surface area contributed by atoms with Gasteiger partial charge in [0, 0.05) is 5.92 Å². The minimum Gasteiger partial charge on any atom is -0.376 e. The van der Waals surface area contributed by atoms with Gasteiger partial charge < -0.3 is 5.11 Å². The third-order valence-electron chi connectivity index (χ3n) is 7.74. The number of hydrogen-bond donors (Lipinski definition) is 2. The molecule has 2 N–H and O–H groups in total. The topological polar surface area (TPSA) is 32.3 Å². The van der Waals surface area contributed by atoms with E-state index in [1.54, 1.807) is 0 Å². The van der Waals surface area contributed by atoms with Crippen LogP contribution in [0.5, 0.6) is 0 Å². The van der Waals surface area contributed by atoms with E-state index < -0.39 is 5.72 Å². The largest absolute Gasteiger partial charge is 0.376 e. The highest BCUT2D eigenvalue weighted by atomic mass is 16.3. The van der Waals surface area contributed by atoms with E-state index in [1.807, 2.05) is 0 Å². The van der Waals surface area contributed by atoms with Gasteiger partial charge in [-0.15, -0.1) is 0 Å². The van der Waals surface area contributed by atoms with Crippen LogP contribution in [0.1, 0.15) is 182 Å². The average Bonchev–Trinajstić information content (AvgIpc) is 2.83. The molecule has 0 saturated carbocycles. The van der Waals surface area contributed by atoms with E-state index in [-0.39, 0.29) is 0 Å². The molecule has 0 aromatic heterocycles. The number of hydrogen-bond acceptors (Lipinski definition) is 2. The first-order valence-electron chi connectivity index (χ1n) is 15.6. The maximum Gasteiger partial charge on any atom is 0.118 e. The van der Waals surface area contributed by atoms with E-state index in [1.165, 1.54) is 148 Å². The molecule has 0 rings (SSSR count). The predicted octanol–water partition coefficient (Wildman–Crippen LogP) is 10.3. The summed E-state index contributed by atoms with van der Waals surface area (Å²) in [4.78, 5) is 0.